The molecule has 2 N–H and O–H groups in total. The highest BCUT2D eigenvalue weighted by molar-refractivity contribution is 7.98. The van der Waals surface area contributed by atoms with E-state index in [1.165, 1.54) is 12.1 Å². The number of rotatable bonds is 5. The predicted octanol–water partition coefficient (Wildman–Crippen LogP) is 4.32. The summed E-state index contributed by atoms with van der Waals surface area (Å²) in [7, 11) is 0. The lowest BCUT2D eigenvalue weighted by molar-refractivity contribution is 0.319. The number of hydrogen-bond acceptors (Lipinski definition) is 4. The molecule has 0 aliphatic rings. The van der Waals surface area contributed by atoms with E-state index in [4.69, 9.17) is 15.2 Å². The molecule has 0 aliphatic heterocycles. The lowest BCUT2D eigenvalue weighted by Gasteiger charge is -2.13. The second kappa shape index (κ2) is 6.52. The molecular formula is C15H16FNO2S. The molecule has 0 saturated carbocycles. The highest BCUT2D eigenvalue weighted by Crippen LogP contribution is 2.36. The molecule has 5 heteroatoms. The van der Waals surface area contributed by atoms with E-state index in [0.717, 1.165) is 4.90 Å². The number of ether oxygens (including phenoxy) is 2. The van der Waals surface area contributed by atoms with Gasteiger partial charge in [-0.15, -0.1) is 11.8 Å². The first kappa shape index (κ1) is 14.5. The van der Waals surface area contributed by atoms with Crippen LogP contribution < -0.4 is 15.2 Å². The van der Waals surface area contributed by atoms with Gasteiger partial charge in [0.2, 0.25) is 0 Å². The molecule has 2 aromatic carbocycles. The minimum absolute atomic E-state index is 0.137. The number of nitrogens with two attached hydrogens (primary N) is 1. The van der Waals surface area contributed by atoms with Crippen LogP contribution in [0.4, 0.5) is 10.1 Å². The van der Waals surface area contributed by atoms with Gasteiger partial charge >= 0.3 is 0 Å². The average molecular weight is 293 g/mol. The quantitative estimate of drug-likeness (QED) is 0.658. The molecule has 20 heavy (non-hydrogen) atoms. The van der Waals surface area contributed by atoms with Gasteiger partial charge < -0.3 is 15.2 Å². The maximum Gasteiger partial charge on any atom is 0.167 e. The van der Waals surface area contributed by atoms with Crippen LogP contribution in [0.1, 0.15) is 6.92 Å². The van der Waals surface area contributed by atoms with E-state index in [1.54, 1.807) is 18.7 Å². The standard InChI is InChI=1S/C15H16FNO2S/c1-3-18-13-9-14(11(17)8-10(13)16)19-12-6-4-5-7-15(12)20-2/h4-9H,3,17H2,1-2H3. The Labute approximate surface area is 121 Å². The van der Waals surface area contributed by atoms with Crippen LogP contribution >= 0.6 is 11.8 Å². The SMILES string of the molecule is CCOc1cc(Oc2ccccc2SC)c(N)cc1F. The van der Waals surface area contributed by atoms with Gasteiger partial charge in [-0.3, -0.25) is 0 Å². The summed E-state index contributed by atoms with van der Waals surface area (Å²) in [5.41, 5.74) is 6.04. The number of benzene rings is 2. The third-order valence-corrected chi connectivity index (χ3v) is 3.43. The van der Waals surface area contributed by atoms with E-state index in [0.29, 0.717) is 18.1 Å². The van der Waals surface area contributed by atoms with Crippen LogP contribution in [0.3, 0.4) is 0 Å². The number of para-hydroxylation sites is 1. The molecule has 0 fully saturated rings. The van der Waals surface area contributed by atoms with Gasteiger partial charge in [-0.2, -0.15) is 0 Å². The molecule has 2 aromatic rings. The molecule has 0 atom stereocenters. The monoisotopic (exact) mass is 293 g/mol. The summed E-state index contributed by atoms with van der Waals surface area (Å²) in [5.74, 6) is 0.713. The van der Waals surface area contributed by atoms with E-state index < -0.39 is 5.82 Å². The molecule has 2 rings (SSSR count). The molecular weight excluding hydrogens is 277 g/mol. The Morgan fingerprint density at radius 3 is 2.60 bits per heavy atom. The van der Waals surface area contributed by atoms with E-state index >= 15 is 0 Å². The predicted molar refractivity (Wildman–Crippen MR) is 80.3 cm³/mol. The van der Waals surface area contributed by atoms with Crippen LogP contribution in [-0.4, -0.2) is 12.9 Å². The molecule has 0 aliphatic carbocycles. The third kappa shape index (κ3) is 3.17. The Balaban J connectivity index is 2.35. The molecule has 0 aromatic heterocycles. The fourth-order valence-corrected chi connectivity index (χ4v) is 2.25. The Kier molecular flexibility index (Phi) is 4.74. The van der Waals surface area contributed by atoms with Crippen LogP contribution in [-0.2, 0) is 0 Å². The number of anilines is 1. The summed E-state index contributed by atoms with van der Waals surface area (Å²) in [6, 6.07) is 10.3. The minimum atomic E-state index is -0.491. The molecule has 0 spiro atoms. The summed E-state index contributed by atoms with van der Waals surface area (Å²) in [6.45, 7) is 2.17. The van der Waals surface area contributed by atoms with Crippen LogP contribution in [0.25, 0.3) is 0 Å². The third-order valence-electron chi connectivity index (χ3n) is 2.65. The first-order valence-corrected chi connectivity index (χ1v) is 7.40. The van der Waals surface area contributed by atoms with E-state index in [-0.39, 0.29) is 11.4 Å². The zero-order valence-corrected chi connectivity index (χ0v) is 12.2. The van der Waals surface area contributed by atoms with Crippen LogP contribution in [0.5, 0.6) is 17.2 Å². The summed E-state index contributed by atoms with van der Waals surface area (Å²) in [4.78, 5) is 0.981. The second-order valence-electron chi connectivity index (χ2n) is 4.01. The zero-order valence-electron chi connectivity index (χ0n) is 11.4. The van der Waals surface area contributed by atoms with Gasteiger partial charge in [-0.25, -0.2) is 4.39 Å². The van der Waals surface area contributed by atoms with Gasteiger partial charge in [0.05, 0.1) is 12.3 Å². The minimum Gasteiger partial charge on any atom is -0.491 e. The van der Waals surface area contributed by atoms with Gasteiger partial charge in [0, 0.05) is 17.0 Å². The maximum atomic E-state index is 13.6. The first-order chi connectivity index (χ1) is 9.65. The van der Waals surface area contributed by atoms with Gasteiger partial charge in [0.25, 0.3) is 0 Å². The van der Waals surface area contributed by atoms with Crippen LogP contribution in [0.2, 0.25) is 0 Å². The molecule has 0 heterocycles. The Morgan fingerprint density at radius 1 is 1.15 bits per heavy atom. The Hall–Kier alpha value is -1.88. The molecule has 0 unspecified atom stereocenters. The van der Waals surface area contributed by atoms with Crippen molar-refractivity contribution in [2.24, 2.45) is 0 Å². The van der Waals surface area contributed by atoms with Gasteiger partial charge in [-0.05, 0) is 25.3 Å². The van der Waals surface area contributed by atoms with E-state index in [1.807, 2.05) is 30.5 Å². The molecule has 0 radical (unpaired) electrons. The van der Waals surface area contributed by atoms with Gasteiger partial charge in [0.15, 0.2) is 17.3 Å². The van der Waals surface area contributed by atoms with Crippen molar-refractivity contribution in [2.45, 2.75) is 11.8 Å². The van der Waals surface area contributed by atoms with E-state index in [9.17, 15) is 4.39 Å². The summed E-state index contributed by atoms with van der Waals surface area (Å²) >= 11 is 1.57. The average Bonchev–Trinajstić information content (AvgIpc) is 2.45. The second-order valence-corrected chi connectivity index (χ2v) is 4.85. The normalized spacial score (nSPS) is 10.3. The number of halogens is 1. The van der Waals surface area contributed by atoms with Crippen molar-refractivity contribution in [2.75, 3.05) is 18.6 Å². The number of nitrogen functional groups attached to an aromatic ring is 1. The summed E-state index contributed by atoms with van der Waals surface area (Å²) in [5, 5.41) is 0. The first-order valence-electron chi connectivity index (χ1n) is 6.18. The van der Waals surface area contributed by atoms with Gasteiger partial charge in [-0.1, -0.05) is 12.1 Å². The molecule has 0 saturated heterocycles. The maximum absolute atomic E-state index is 13.6. The Morgan fingerprint density at radius 2 is 1.90 bits per heavy atom. The number of thioether (sulfide) groups is 1. The van der Waals surface area contributed by atoms with Crippen molar-refractivity contribution in [1.29, 1.82) is 0 Å². The molecule has 3 nitrogen and oxygen atoms in total. The molecule has 0 amide bonds. The van der Waals surface area contributed by atoms with Crippen molar-refractivity contribution in [3.05, 3.63) is 42.2 Å². The van der Waals surface area contributed by atoms with Gasteiger partial charge in [0.1, 0.15) is 5.75 Å². The largest absolute Gasteiger partial charge is 0.491 e. The zero-order chi connectivity index (χ0) is 14.5. The van der Waals surface area contributed by atoms with Crippen molar-refractivity contribution >= 4 is 17.4 Å². The Bertz CT molecular complexity index is 604. The smallest absolute Gasteiger partial charge is 0.167 e. The van der Waals surface area contributed by atoms with Crippen LogP contribution in [0, 0.1) is 5.82 Å². The number of hydrogen-bond donors (Lipinski definition) is 1. The molecule has 106 valence electrons. The lowest BCUT2D eigenvalue weighted by Crippen LogP contribution is -1.99. The lowest BCUT2D eigenvalue weighted by atomic mass is 10.2. The van der Waals surface area contributed by atoms with Crippen molar-refractivity contribution in [3.8, 4) is 17.2 Å². The highest BCUT2D eigenvalue weighted by Gasteiger charge is 2.12. The van der Waals surface area contributed by atoms with Crippen LogP contribution in [0.15, 0.2) is 41.3 Å². The highest BCUT2D eigenvalue weighted by atomic mass is 32.2. The summed E-state index contributed by atoms with van der Waals surface area (Å²) in [6.07, 6.45) is 1.96. The van der Waals surface area contributed by atoms with Crippen molar-refractivity contribution in [1.82, 2.24) is 0 Å². The molecule has 0 bridgehead atoms. The summed E-state index contributed by atoms with van der Waals surface area (Å²) < 4.78 is 24.6. The fraction of sp³-hybridized carbons (Fsp3) is 0.200. The topological polar surface area (TPSA) is 44.5 Å². The fourth-order valence-electron chi connectivity index (χ4n) is 1.73. The van der Waals surface area contributed by atoms with Crippen molar-refractivity contribution in [3.63, 3.8) is 0 Å². The van der Waals surface area contributed by atoms with Crippen molar-refractivity contribution < 1.29 is 13.9 Å². The van der Waals surface area contributed by atoms with E-state index in [2.05, 4.69) is 0 Å².